The van der Waals surface area contributed by atoms with Crippen LogP contribution in [0.25, 0.3) is 16.4 Å². The molecule has 3 rings (SSSR count). The average Bonchev–Trinajstić information content (AvgIpc) is 3.04. The summed E-state index contributed by atoms with van der Waals surface area (Å²) in [6.45, 7) is 3.93. The van der Waals surface area contributed by atoms with Crippen molar-refractivity contribution in [3.8, 4) is 16.4 Å². The zero-order valence-corrected chi connectivity index (χ0v) is 14.0. The first-order chi connectivity index (χ1) is 10.1. The third-order valence-corrected chi connectivity index (χ3v) is 4.78. The molecule has 0 aliphatic carbocycles. The van der Waals surface area contributed by atoms with E-state index in [1.807, 2.05) is 54.1 Å². The van der Waals surface area contributed by atoms with Crippen LogP contribution in [-0.4, -0.2) is 15.8 Å². The number of carbonyl (C=O) groups excluding carboxylic acids is 1. The number of hydrogen-bond donors (Lipinski definition) is 0. The third kappa shape index (κ3) is 2.59. The highest BCUT2D eigenvalue weighted by molar-refractivity contribution is 9.10. The van der Waals surface area contributed by atoms with E-state index in [-0.39, 0.29) is 0 Å². The lowest BCUT2D eigenvalue weighted by atomic mass is 10.2. The molecule has 0 amide bonds. The van der Waals surface area contributed by atoms with Gasteiger partial charge in [-0.2, -0.15) is 0 Å². The van der Waals surface area contributed by atoms with Crippen molar-refractivity contribution in [2.45, 2.75) is 13.8 Å². The van der Waals surface area contributed by atoms with E-state index < -0.39 is 0 Å². The molecule has 106 valence electrons. The van der Waals surface area contributed by atoms with E-state index in [4.69, 9.17) is 4.98 Å². The zero-order chi connectivity index (χ0) is 15.0. The molecule has 0 N–H and O–H groups in total. The second kappa shape index (κ2) is 5.58. The van der Waals surface area contributed by atoms with Gasteiger partial charge in [0.05, 0.1) is 5.69 Å². The Morgan fingerprint density at radius 1 is 1.24 bits per heavy atom. The summed E-state index contributed by atoms with van der Waals surface area (Å²) in [6, 6.07) is 9.98. The minimum atomic E-state index is 0.716. The molecule has 0 bridgehead atoms. The van der Waals surface area contributed by atoms with E-state index in [1.165, 1.54) is 0 Å². The van der Waals surface area contributed by atoms with Gasteiger partial charge in [0.15, 0.2) is 11.4 Å². The minimum Gasteiger partial charge on any atom is -0.298 e. The van der Waals surface area contributed by atoms with Crippen LogP contribution < -0.4 is 0 Å². The summed E-state index contributed by atoms with van der Waals surface area (Å²) in [5.74, 6) is 0. The highest BCUT2D eigenvalue weighted by Gasteiger charge is 2.13. The first kappa shape index (κ1) is 14.2. The quantitative estimate of drug-likeness (QED) is 0.629. The molecule has 21 heavy (non-hydrogen) atoms. The van der Waals surface area contributed by atoms with Crippen molar-refractivity contribution < 1.29 is 4.79 Å². The molecule has 0 spiro atoms. The molecule has 0 saturated heterocycles. The Morgan fingerprint density at radius 3 is 2.57 bits per heavy atom. The normalized spacial score (nSPS) is 10.8. The maximum Gasteiger partial charge on any atom is 0.194 e. The molecule has 0 fully saturated rings. The molecule has 3 aromatic rings. The van der Waals surface area contributed by atoms with Gasteiger partial charge < -0.3 is 0 Å². The Hall–Kier alpha value is -1.72. The molecule has 0 atom stereocenters. The summed E-state index contributed by atoms with van der Waals surface area (Å²) in [5.41, 5.74) is 4.69. The monoisotopic (exact) mass is 360 g/mol. The van der Waals surface area contributed by atoms with Crippen LogP contribution in [0.5, 0.6) is 0 Å². The van der Waals surface area contributed by atoms with E-state index in [9.17, 15) is 4.79 Å². The average molecular weight is 361 g/mol. The third-order valence-electron chi connectivity index (χ3n) is 3.42. The minimum absolute atomic E-state index is 0.716. The van der Waals surface area contributed by atoms with E-state index in [2.05, 4.69) is 15.9 Å². The van der Waals surface area contributed by atoms with Crippen LogP contribution in [0.1, 0.15) is 21.7 Å². The molecule has 0 aliphatic rings. The van der Waals surface area contributed by atoms with Gasteiger partial charge in [-0.05, 0) is 32.0 Å². The summed E-state index contributed by atoms with van der Waals surface area (Å²) in [6.07, 6.45) is 0.891. The SMILES string of the molecule is Cc1cc(C=O)c(C)n1-c1nc(-c2ccc(Br)cc2)cs1. The number of carbonyl (C=O) groups is 1. The lowest BCUT2D eigenvalue weighted by Gasteiger charge is -2.04. The Morgan fingerprint density at radius 2 is 1.95 bits per heavy atom. The predicted molar refractivity (Wildman–Crippen MR) is 89.4 cm³/mol. The van der Waals surface area contributed by atoms with Crippen molar-refractivity contribution in [2.75, 3.05) is 0 Å². The molecule has 0 saturated carbocycles. The number of rotatable bonds is 3. The second-order valence-electron chi connectivity index (χ2n) is 4.80. The number of hydrogen-bond acceptors (Lipinski definition) is 3. The molecule has 0 unspecified atom stereocenters. The van der Waals surface area contributed by atoms with Gasteiger partial charge in [0, 0.05) is 32.4 Å². The highest BCUT2D eigenvalue weighted by Crippen LogP contribution is 2.28. The van der Waals surface area contributed by atoms with Crippen LogP contribution in [0.2, 0.25) is 0 Å². The summed E-state index contributed by atoms with van der Waals surface area (Å²) >= 11 is 5.01. The van der Waals surface area contributed by atoms with Crippen LogP contribution in [0.15, 0.2) is 40.2 Å². The van der Waals surface area contributed by atoms with Crippen LogP contribution in [0.4, 0.5) is 0 Å². The molecule has 2 aromatic heterocycles. The highest BCUT2D eigenvalue weighted by atomic mass is 79.9. The molecular weight excluding hydrogens is 348 g/mol. The van der Waals surface area contributed by atoms with Gasteiger partial charge in [0.2, 0.25) is 0 Å². The fraction of sp³-hybridized carbons (Fsp3) is 0.125. The maximum absolute atomic E-state index is 11.0. The van der Waals surface area contributed by atoms with E-state index >= 15 is 0 Å². The summed E-state index contributed by atoms with van der Waals surface area (Å²) in [4.78, 5) is 15.7. The largest absolute Gasteiger partial charge is 0.298 e. The van der Waals surface area contributed by atoms with Crippen molar-refractivity contribution in [2.24, 2.45) is 0 Å². The second-order valence-corrected chi connectivity index (χ2v) is 6.55. The number of thiazole rings is 1. The number of aromatic nitrogens is 2. The fourth-order valence-corrected chi connectivity index (χ4v) is 3.53. The van der Waals surface area contributed by atoms with Crippen LogP contribution in [0, 0.1) is 13.8 Å². The van der Waals surface area contributed by atoms with Gasteiger partial charge in [-0.15, -0.1) is 11.3 Å². The standard InChI is InChI=1S/C16H13BrN2OS/c1-10-7-13(8-20)11(2)19(10)16-18-15(9-21-16)12-3-5-14(17)6-4-12/h3-9H,1-2H3. The van der Waals surface area contributed by atoms with E-state index in [1.54, 1.807) is 11.3 Å². The van der Waals surface area contributed by atoms with E-state index in [0.717, 1.165) is 38.5 Å². The smallest absolute Gasteiger partial charge is 0.194 e. The molecule has 2 heterocycles. The van der Waals surface area contributed by atoms with Gasteiger partial charge in [-0.1, -0.05) is 28.1 Å². The Kier molecular flexibility index (Phi) is 3.78. The Balaban J connectivity index is 2.04. The van der Waals surface area contributed by atoms with Crippen LogP contribution in [-0.2, 0) is 0 Å². The predicted octanol–water partition coefficient (Wildman–Crippen LogP) is 4.79. The molecule has 0 radical (unpaired) electrons. The molecule has 5 heteroatoms. The molecule has 3 nitrogen and oxygen atoms in total. The molecular formula is C16H13BrN2OS. The van der Waals surface area contributed by atoms with Gasteiger partial charge in [-0.3, -0.25) is 9.36 Å². The van der Waals surface area contributed by atoms with Crippen LogP contribution in [0.3, 0.4) is 0 Å². The van der Waals surface area contributed by atoms with Crippen molar-refractivity contribution in [3.63, 3.8) is 0 Å². The number of nitrogens with zero attached hydrogens (tertiary/aromatic N) is 2. The first-order valence-corrected chi connectivity index (χ1v) is 8.13. The van der Waals surface area contributed by atoms with Gasteiger partial charge in [-0.25, -0.2) is 4.98 Å². The van der Waals surface area contributed by atoms with Crippen LogP contribution >= 0.6 is 27.3 Å². The fourth-order valence-electron chi connectivity index (χ4n) is 2.32. The van der Waals surface area contributed by atoms with Crippen molar-refractivity contribution >= 4 is 33.6 Å². The number of aryl methyl sites for hydroxylation is 1. The number of halogens is 1. The maximum atomic E-state index is 11.0. The summed E-state index contributed by atoms with van der Waals surface area (Å²) in [7, 11) is 0. The molecule has 1 aromatic carbocycles. The summed E-state index contributed by atoms with van der Waals surface area (Å²) < 4.78 is 3.07. The first-order valence-electron chi connectivity index (χ1n) is 6.46. The van der Waals surface area contributed by atoms with Gasteiger partial charge >= 0.3 is 0 Å². The Bertz CT molecular complexity index is 802. The van der Waals surface area contributed by atoms with Gasteiger partial charge in [0.1, 0.15) is 0 Å². The molecule has 0 aliphatic heterocycles. The lowest BCUT2D eigenvalue weighted by Crippen LogP contribution is -1.99. The lowest BCUT2D eigenvalue weighted by molar-refractivity contribution is 0.112. The Labute approximate surface area is 135 Å². The van der Waals surface area contributed by atoms with Gasteiger partial charge in [0.25, 0.3) is 0 Å². The zero-order valence-electron chi connectivity index (χ0n) is 11.6. The van der Waals surface area contributed by atoms with Crippen molar-refractivity contribution in [1.82, 2.24) is 9.55 Å². The van der Waals surface area contributed by atoms with E-state index in [0.29, 0.717) is 5.56 Å². The number of benzene rings is 1. The van der Waals surface area contributed by atoms with Crippen molar-refractivity contribution in [1.29, 1.82) is 0 Å². The topological polar surface area (TPSA) is 34.9 Å². The van der Waals surface area contributed by atoms with Crippen molar-refractivity contribution in [3.05, 3.63) is 57.1 Å². The number of aldehydes is 1. The summed E-state index contributed by atoms with van der Waals surface area (Å²) in [5, 5.41) is 2.92.